The number of nitrogens with zero attached hydrogens (tertiary/aromatic N) is 2. The van der Waals surface area contributed by atoms with Gasteiger partial charge in [0.15, 0.2) is 6.61 Å². The van der Waals surface area contributed by atoms with Gasteiger partial charge in [0, 0.05) is 18.6 Å². The lowest BCUT2D eigenvalue weighted by molar-refractivity contribution is -0.154. The first-order valence-electron chi connectivity index (χ1n) is 10.2. The van der Waals surface area contributed by atoms with Gasteiger partial charge >= 0.3 is 12.2 Å². The van der Waals surface area contributed by atoms with Crippen molar-refractivity contribution in [2.45, 2.75) is 44.6 Å². The van der Waals surface area contributed by atoms with Crippen molar-refractivity contribution in [1.29, 1.82) is 0 Å². The van der Waals surface area contributed by atoms with Crippen molar-refractivity contribution in [2.24, 2.45) is 0 Å². The Morgan fingerprint density at radius 3 is 2.55 bits per heavy atom. The quantitative estimate of drug-likeness (QED) is 0.619. The van der Waals surface area contributed by atoms with Crippen molar-refractivity contribution < 1.29 is 27.4 Å². The van der Waals surface area contributed by atoms with Gasteiger partial charge in [0.25, 0.3) is 0 Å². The predicted molar refractivity (Wildman–Crippen MR) is 108 cm³/mol. The maximum Gasteiger partial charge on any atom is 0.422 e. The van der Waals surface area contributed by atoms with E-state index in [-0.39, 0.29) is 43.0 Å². The van der Waals surface area contributed by atoms with E-state index >= 15 is 0 Å². The van der Waals surface area contributed by atoms with Crippen LogP contribution in [0.4, 0.5) is 13.2 Å². The standard InChI is InChI=1S/C21H27F3N4O3/c1-3-30-20-27-18(29-2)15(19(28-20)31-13-21(22,23)24)12-26-16-10-7-11-25-17(16)14-8-5-4-6-9-14/h4-6,8-9,16-17,25-26H,3,7,10-13H2,1-2H3/t16-,17-/m0/s1. The minimum atomic E-state index is -4.50. The number of hydrogen-bond donors (Lipinski definition) is 2. The van der Waals surface area contributed by atoms with Crippen LogP contribution in [0.25, 0.3) is 0 Å². The molecule has 1 fully saturated rings. The number of ether oxygens (including phenoxy) is 3. The Kier molecular flexibility index (Phi) is 7.91. The third kappa shape index (κ3) is 6.44. The summed E-state index contributed by atoms with van der Waals surface area (Å²) in [5.74, 6) is -0.0942. The first-order valence-corrected chi connectivity index (χ1v) is 10.2. The van der Waals surface area contributed by atoms with Gasteiger partial charge in [-0.15, -0.1) is 0 Å². The SMILES string of the molecule is CCOc1nc(OC)c(CN[C@H]2CCCN[C@H]2c2ccccc2)c(OCC(F)(F)F)n1. The van der Waals surface area contributed by atoms with Crippen molar-refractivity contribution in [1.82, 2.24) is 20.6 Å². The second kappa shape index (κ2) is 10.6. The van der Waals surface area contributed by atoms with Gasteiger partial charge in [-0.3, -0.25) is 0 Å². The molecule has 1 aromatic heterocycles. The molecular formula is C21H27F3N4O3. The van der Waals surface area contributed by atoms with Gasteiger partial charge in [-0.25, -0.2) is 0 Å². The summed E-state index contributed by atoms with van der Waals surface area (Å²) < 4.78 is 53.8. The summed E-state index contributed by atoms with van der Waals surface area (Å²) >= 11 is 0. The highest BCUT2D eigenvalue weighted by Gasteiger charge is 2.31. The third-order valence-corrected chi connectivity index (χ3v) is 4.91. The Hall–Kier alpha value is -2.59. The minimum absolute atomic E-state index is 0.0582. The Balaban J connectivity index is 1.82. The number of alkyl halides is 3. The summed E-state index contributed by atoms with van der Waals surface area (Å²) in [7, 11) is 1.39. The monoisotopic (exact) mass is 440 g/mol. The fourth-order valence-corrected chi connectivity index (χ4v) is 3.56. The van der Waals surface area contributed by atoms with Crippen LogP contribution >= 0.6 is 0 Å². The molecule has 2 heterocycles. The van der Waals surface area contributed by atoms with E-state index in [0.29, 0.717) is 5.56 Å². The van der Waals surface area contributed by atoms with Crippen LogP contribution in [-0.2, 0) is 6.54 Å². The van der Waals surface area contributed by atoms with E-state index < -0.39 is 12.8 Å². The van der Waals surface area contributed by atoms with Crippen LogP contribution in [0.2, 0.25) is 0 Å². The second-order valence-corrected chi connectivity index (χ2v) is 7.11. The molecular weight excluding hydrogens is 413 g/mol. The summed E-state index contributed by atoms with van der Waals surface area (Å²) in [5.41, 5.74) is 1.45. The molecule has 7 nitrogen and oxygen atoms in total. The average molecular weight is 440 g/mol. The zero-order valence-electron chi connectivity index (χ0n) is 17.5. The summed E-state index contributed by atoms with van der Waals surface area (Å²) in [6, 6.07) is 10.1. The molecule has 0 radical (unpaired) electrons. The topological polar surface area (TPSA) is 77.5 Å². The summed E-state index contributed by atoms with van der Waals surface area (Å²) in [6.07, 6.45) is -2.61. The van der Waals surface area contributed by atoms with Crippen molar-refractivity contribution in [2.75, 3.05) is 26.9 Å². The molecule has 0 bridgehead atoms. The first-order chi connectivity index (χ1) is 14.9. The number of aromatic nitrogens is 2. The molecule has 2 atom stereocenters. The molecule has 1 aliphatic heterocycles. The largest absolute Gasteiger partial charge is 0.481 e. The van der Waals surface area contributed by atoms with Crippen LogP contribution < -0.4 is 24.8 Å². The Morgan fingerprint density at radius 1 is 1.13 bits per heavy atom. The van der Waals surface area contributed by atoms with Gasteiger partial charge < -0.3 is 24.8 Å². The number of halogens is 3. The van der Waals surface area contributed by atoms with E-state index in [1.54, 1.807) is 6.92 Å². The molecule has 1 saturated heterocycles. The molecule has 0 unspecified atom stereocenters. The van der Waals surface area contributed by atoms with Gasteiger partial charge in [0.05, 0.1) is 19.3 Å². The van der Waals surface area contributed by atoms with E-state index in [1.807, 2.05) is 18.2 Å². The molecule has 0 saturated carbocycles. The van der Waals surface area contributed by atoms with Gasteiger partial charge in [0.1, 0.15) is 0 Å². The highest BCUT2D eigenvalue weighted by molar-refractivity contribution is 5.37. The van der Waals surface area contributed by atoms with E-state index in [9.17, 15) is 13.2 Å². The minimum Gasteiger partial charge on any atom is -0.481 e. The number of hydrogen-bond acceptors (Lipinski definition) is 7. The molecule has 10 heteroatoms. The number of rotatable bonds is 9. The Labute approximate surface area is 179 Å². The molecule has 1 aromatic carbocycles. The Morgan fingerprint density at radius 2 is 1.87 bits per heavy atom. The number of methoxy groups -OCH3 is 1. The van der Waals surface area contributed by atoms with Crippen LogP contribution in [0.5, 0.6) is 17.8 Å². The van der Waals surface area contributed by atoms with Crippen molar-refractivity contribution in [3.63, 3.8) is 0 Å². The van der Waals surface area contributed by atoms with Gasteiger partial charge in [-0.05, 0) is 31.9 Å². The fourth-order valence-electron chi connectivity index (χ4n) is 3.56. The van der Waals surface area contributed by atoms with Crippen LogP contribution in [0.1, 0.15) is 36.9 Å². The predicted octanol–water partition coefficient (Wildman–Crippen LogP) is 3.41. The number of piperidine rings is 1. The molecule has 170 valence electrons. The van der Waals surface area contributed by atoms with Gasteiger partial charge in [-0.2, -0.15) is 23.1 Å². The van der Waals surface area contributed by atoms with E-state index in [1.165, 1.54) is 7.11 Å². The van der Waals surface area contributed by atoms with Crippen molar-refractivity contribution >= 4 is 0 Å². The number of benzene rings is 1. The average Bonchev–Trinajstić information content (AvgIpc) is 2.77. The highest BCUT2D eigenvalue weighted by Crippen LogP contribution is 2.30. The van der Waals surface area contributed by atoms with E-state index in [4.69, 9.17) is 14.2 Å². The lowest BCUT2D eigenvalue weighted by Gasteiger charge is -2.34. The van der Waals surface area contributed by atoms with Gasteiger partial charge in [0.2, 0.25) is 11.8 Å². The van der Waals surface area contributed by atoms with Crippen LogP contribution in [0.15, 0.2) is 30.3 Å². The molecule has 2 N–H and O–H groups in total. The van der Waals surface area contributed by atoms with Crippen LogP contribution in [0, 0.1) is 0 Å². The molecule has 0 amide bonds. The molecule has 1 aliphatic rings. The summed E-state index contributed by atoms with van der Waals surface area (Å²) in [6.45, 7) is 1.59. The fraction of sp³-hybridized carbons (Fsp3) is 0.524. The van der Waals surface area contributed by atoms with Crippen LogP contribution in [0.3, 0.4) is 0 Å². The maximum atomic E-state index is 12.8. The molecule has 31 heavy (non-hydrogen) atoms. The zero-order chi connectivity index (χ0) is 22.3. The van der Waals surface area contributed by atoms with E-state index in [0.717, 1.165) is 24.9 Å². The summed E-state index contributed by atoms with van der Waals surface area (Å²) in [5, 5.41) is 6.94. The van der Waals surface area contributed by atoms with Crippen LogP contribution in [-0.4, -0.2) is 49.1 Å². The Bertz CT molecular complexity index is 837. The highest BCUT2D eigenvalue weighted by atomic mass is 19.4. The lowest BCUT2D eigenvalue weighted by atomic mass is 9.92. The maximum absolute atomic E-state index is 12.8. The van der Waals surface area contributed by atoms with Crippen molar-refractivity contribution in [3.05, 3.63) is 41.5 Å². The third-order valence-electron chi connectivity index (χ3n) is 4.91. The van der Waals surface area contributed by atoms with Crippen molar-refractivity contribution in [3.8, 4) is 17.8 Å². The summed E-state index contributed by atoms with van der Waals surface area (Å²) in [4.78, 5) is 8.18. The normalized spacial score (nSPS) is 19.1. The molecule has 0 spiro atoms. The van der Waals surface area contributed by atoms with Gasteiger partial charge in [-0.1, -0.05) is 30.3 Å². The lowest BCUT2D eigenvalue weighted by Crippen LogP contribution is -2.45. The zero-order valence-corrected chi connectivity index (χ0v) is 17.5. The first kappa shape index (κ1) is 23.1. The second-order valence-electron chi connectivity index (χ2n) is 7.11. The number of nitrogens with one attached hydrogen (secondary N) is 2. The molecule has 2 aromatic rings. The van der Waals surface area contributed by atoms with E-state index in [2.05, 4.69) is 32.7 Å². The smallest absolute Gasteiger partial charge is 0.422 e. The molecule has 3 rings (SSSR count). The molecule has 0 aliphatic carbocycles.